The van der Waals surface area contributed by atoms with Crippen LogP contribution in [0.4, 0.5) is 4.79 Å². The van der Waals surface area contributed by atoms with E-state index in [1.165, 1.54) is 14.2 Å². The number of hydrogen-bond donors (Lipinski definition) is 2. The molecule has 0 spiro atoms. The topological polar surface area (TPSA) is 140 Å². The minimum atomic E-state index is -3.68. The first kappa shape index (κ1) is 30.4. The van der Waals surface area contributed by atoms with Gasteiger partial charge in [0.1, 0.15) is 23.2 Å². The molecule has 0 heterocycles. The Labute approximate surface area is 209 Å². The van der Waals surface area contributed by atoms with Crippen molar-refractivity contribution >= 4 is 27.7 Å². The van der Waals surface area contributed by atoms with Crippen molar-refractivity contribution in [2.24, 2.45) is 10.7 Å². The Morgan fingerprint density at radius 3 is 2.29 bits per heavy atom. The van der Waals surface area contributed by atoms with Gasteiger partial charge in [-0.3, -0.25) is 14.6 Å². The van der Waals surface area contributed by atoms with Crippen LogP contribution in [0.3, 0.4) is 0 Å². The third kappa shape index (κ3) is 9.14. The first-order chi connectivity index (χ1) is 16.0. The fourth-order valence-electron chi connectivity index (χ4n) is 3.59. The molecule has 3 N–H and O–H groups in total. The SMILES string of the molecule is CON(C)C(=O)[C@H](CCCN=C(N)CS(=O)(=O)c1c(C)cc(C)c(C)c1C)NC(=O)OC(C)(C)C. The molecule has 1 rings (SSSR count). The lowest BCUT2D eigenvalue weighted by atomic mass is 10.0. The largest absolute Gasteiger partial charge is 0.444 e. The Bertz CT molecular complexity index is 1060. The smallest absolute Gasteiger partial charge is 0.408 e. The van der Waals surface area contributed by atoms with Gasteiger partial charge in [-0.25, -0.2) is 18.3 Å². The monoisotopic (exact) mass is 512 g/mol. The summed E-state index contributed by atoms with van der Waals surface area (Å²) in [7, 11) is -0.907. The van der Waals surface area contributed by atoms with Gasteiger partial charge >= 0.3 is 6.09 Å². The molecule has 0 aliphatic carbocycles. The first-order valence-corrected chi connectivity index (χ1v) is 13.1. The molecule has 2 amide bonds. The van der Waals surface area contributed by atoms with Gasteiger partial charge in [0.05, 0.1) is 12.0 Å². The van der Waals surface area contributed by atoms with Crippen LogP contribution >= 0.6 is 0 Å². The highest BCUT2D eigenvalue weighted by atomic mass is 32.2. The number of sulfone groups is 1. The number of nitrogens with one attached hydrogen (secondary N) is 1. The summed E-state index contributed by atoms with van der Waals surface area (Å²) >= 11 is 0. The number of carbonyl (C=O) groups is 2. The van der Waals surface area contributed by atoms with Crippen molar-refractivity contribution in [1.29, 1.82) is 0 Å². The number of aliphatic imine (C=N–C) groups is 1. The molecular weight excluding hydrogens is 472 g/mol. The third-order valence-electron chi connectivity index (χ3n) is 5.47. The van der Waals surface area contributed by atoms with Gasteiger partial charge in [-0.2, -0.15) is 0 Å². The number of aryl methyl sites for hydroxylation is 2. The molecule has 0 aliphatic heterocycles. The van der Waals surface area contributed by atoms with E-state index in [4.69, 9.17) is 15.3 Å². The molecule has 1 aromatic carbocycles. The van der Waals surface area contributed by atoms with Crippen LogP contribution in [0.1, 0.15) is 55.9 Å². The second-order valence-electron chi connectivity index (χ2n) is 9.58. The van der Waals surface area contributed by atoms with Gasteiger partial charge in [0.15, 0.2) is 9.84 Å². The number of ether oxygens (including phenoxy) is 1. The van der Waals surface area contributed by atoms with Crippen LogP contribution in [0.2, 0.25) is 0 Å². The number of hydrogen-bond acceptors (Lipinski definition) is 7. The highest BCUT2D eigenvalue weighted by Gasteiger charge is 2.27. The Morgan fingerprint density at radius 2 is 1.74 bits per heavy atom. The normalized spacial score (nSPS) is 13.3. The summed E-state index contributed by atoms with van der Waals surface area (Å²) in [5.74, 6) is -0.875. The lowest BCUT2D eigenvalue weighted by Gasteiger charge is -2.25. The fraction of sp³-hybridized carbons (Fsp3) is 0.625. The number of carbonyl (C=O) groups excluding carboxylic acids is 2. The van der Waals surface area contributed by atoms with Crippen LogP contribution in [0.25, 0.3) is 0 Å². The Balaban J connectivity index is 2.87. The predicted molar refractivity (Wildman–Crippen MR) is 136 cm³/mol. The number of likely N-dealkylation sites (N-methyl/N-ethyl adjacent to an activating group) is 1. The van der Waals surface area contributed by atoms with Crippen molar-refractivity contribution < 1.29 is 27.6 Å². The number of rotatable bonds is 10. The zero-order chi connectivity index (χ0) is 27.1. The van der Waals surface area contributed by atoms with Gasteiger partial charge in [0.2, 0.25) is 0 Å². The third-order valence-corrected chi connectivity index (χ3v) is 7.40. The van der Waals surface area contributed by atoms with Gasteiger partial charge in [-0.1, -0.05) is 6.07 Å². The molecule has 1 atom stereocenters. The van der Waals surface area contributed by atoms with Crippen LogP contribution in [0.15, 0.2) is 16.0 Å². The molecule has 198 valence electrons. The standard InChI is InChI=1S/C24H40N4O6S/c1-15-13-16(2)21(18(4)17(15)3)35(31,32)14-20(25)26-12-10-11-19(22(29)28(8)33-9)27-23(30)34-24(5,6)7/h13,19H,10-12,14H2,1-9H3,(H2,25,26)(H,27,30)/t19-/m0/s1. The minimum Gasteiger partial charge on any atom is -0.444 e. The number of amides is 2. The zero-order valence-electron chi connectivity index (χ0n) is 22.3. The van der Waals surface area contributed by atoms with E-state index in [1.807, 2.05) is 19.9 Å². The Hall–Kier alpha value is -2.66. The number of hydroxylamine groups is 2. The van der Waals surface area contributed by atoms with Crippen molar-refractivity contribution in [3.05, 3.63) is 28.3 Å². The van der Waals surface area contributed by atoms with Gasteiger partial charge in [0, 0.05) is 13.6 Å². The van der Waals surface area contributed by atoms with Crippen molar-refractivity contribution in [3.63, 3.8) is 0 Å². The van der Waals surface area contributed by atoms with Crippen LogP contribution in [-0.2, 0) is 24.2 Å². The van der Waals surface area contributed by atoms with E-state index in [0.717, 1.165) is 16.2 Å². The molecular formula is C24H40N4O6S. The number of nitrogens with zero attached hydrogens (tertiary/aromatic N) is 2. The molecule has 0 radical (unpaired) electrons. The minimum absolute atomic E-state index is 0.0148. The van der Waals surface area contributed by atoms with E-state index in [2.05, 4.69) is 10.3 Å². The zero-order valence-corrected chi connectivity index (χ0v) is 23.1. The van der Waals surface area contributed by atoms with E-state index < -0.39 is 39.2 Å². The van der Waals surface area contributed by atoms with Crippen LogP contribution in [-0.4, -0.2) is 69.4 Å². The second kappa shape index (κ2) is 12.3. The Kier molecular flexibility index (Phi) is 10.7. The van der Waals surface area contributed by atoms with Crippen molar-refractivity contribution in [2.75, 3.05) is 26.5 Å². The summed E-state index contributed by atoms with van der Waals surface area (Å²) in [6.07, 6.45) is -0.134. The quantitative estimate of drug-likeness (QED) is 0.213. The highest BCUT2D eigenvalue weighted by molar-refractivity contribution is 7.92. The summed E-state index contributed by atoms with van der Waals surface area (Å²) in [6.45, 7) is 12.7. The summed E-state index contributed by atoms with van der Waals surface area (Å²) in [5.41, 5.74) is 8.58. The predicted octanol–water partition coefficient (Wildman–Crippen LogP) is 2.74. The number of benzene rings is 1. The molecule has 35 heavy (non-hydrogen) atoms. The lowest BCUT2D eigenvalue weighted by molar-refractivity contribution is -0.171. The maximum atomic E-state index is 13.0. The number of amidine groups is 1. The van der Waals surface area contributed by atoms with Crippen molar-refractivity contribution in [2.45, 2.75) is 77.8 Å². The molecule has 0 saturated heterocycles. The van der Waals surface area contributed by atoms with Crippen molar-refractivity contribution in [3.8, 4) is 0 Å². The number of nitrogens with two attached hydrogens (primary N) is 1. The van der Waals surface area contributed by atoms with Gasteiger partial charge < -0.3 is 15.8 Å². The number of alkyl carbamates (subject to hydrolysis) is 1. The molecule has 0 bridgehead atoms. The summed E-state index contributed by atoms with van der Waals surface area (Å²) in [5, 5.41) is 3.57. The van der Waals surface area contributed by atoms with E-state index in [1.54, 1.807) is 34.6 Å². The van der Waals surface area contributed by atoms with Crippen LogP contribution in [0, 0.1) is 27.7 Å². The van der Waals surface area contributed by atoms with E-state index in [-0.39, 0.29) is 23.7 Å². The molecule has 0 aliphatic rings. The summed E-state index contributed by atoms with van der Waals surface area (Å²) in [4.78, 5) is 34.1. The lowest BCUT2D eigenvalue weighted by Crippen LogP contribution is -2.48. The average molecular weight is 513 g/mol. The van der Waals surface area contributed by atoms with Gasteiger partial charge in [0.25, 0.3) is 5.91 Å². The fourth-order valence-corrected chi connectivity index (χ4v) is 5.38. The molecule has 0 fully saturated rings. The average Bonchev–Trinajstić information content (AvgIpc) is 2.71. The molecule has 0 unspecified atom stereocenters. The maximum absolute atomic E-state index is 13.0. The van der Waals surface area contributed by atoms with Crippen LogP contribution in [0.5, 0.6) is 0 Å². The molecule has 0 saturated carbocycles. The molecule has 0 aromatic heterocycles. The first-order valence-electron chi connectivity index (χ1n) is 11.4. The van der Waals surface area contributed by atoms with Crippen LogP contribution < -0.4 is 11.1 Å². The van der Waals surface area contributed by atoms with Gasteiger partial charge in [-0.05, 0) is 83.6 Å². The highest BCUT2D eigenvalue weighted by Crippen LogP contribution is 2.26. The van der Waals surface area contributed by atoms with E-state index in [9.17, 15) is 18.0 Å². The second-order valence-corrected chi connectivity index (χ2v) is 11.5. The van der Waals surface area contributed by atoms with Crippen molar-refractivity contribution in [1.82, 2.24) is 10.4 Å². The Morgan fingerprint density at radius 1 is 1.14 bits per heavy atom. The van der Waals surface area contributed by atoms with E-state index >= 15 is 0 Å². The molecule has 10 nitrogen and oxygen atoms in total. The summed E-state index contributed by atoms with van der Waals surface area (Å²) in [6, 6.07) is 0.949. The maximum Gasteiger partial charge on any atom is 0.408 e. The van der Waals surface area contributed by atoms with E-state index in [0.29, 0.717) is 17.5 Å². The van der Waals surface area contributed by atoms with Gasteiger partial charge in [-0.15, -0.1) is 0 Å². The summed E-state index contributed by atoms with van der Waals surface area (Å²) < 4.78 is 31.3. The molecule has 11 heteroatoms. The molecule has 1 aromatic rings.